The fraction of sp³-hybridized carbons (Fsp3) is 0.647. The fourth-order valence-corrected chi connectivity index (χ4v) is 3.86. The van der Waals surface area contributed by atoms with E-state index in [1.165, 1.54) is 11.8 Å². The van der Waals surface area contributed by atoms with Crippen molar-refractivity contribution >= 4 is 29.0 Å². The van der Waals surface area contributed by atoms with Crippen LogP contribution in [0.3, 0.4) is 0 Å². The van der Waals surface area contributed by atoms with E-state index in [0.29, 0.717) is 23.8 Å². The quantitative estimate of drug-likeness (QED) is 0.681. The van der Waals surface area contributed by atoms with E-state index in [0.717, 1.165) is 30.5 Å². The van der Waals surface area contributed by atoms with Gasteiger partial charge < -0.3 is 10.1 Å². The van der Waals surface area contributed by atoms with Crippen LogP contribution in [-0.2, 0) is 9.53 Å². The molecule has 1 fully saturated rings. The van der Waals surface area contributed by atoms with Crippen molar-refractivity contribution in [3.63, 3.8) is 0 Å². The highest BCUT2D eigenvalue weighted by atomic mass is 32.2. The number of nitrogens with one attached hydrogen (secondary N) is 1. The summed E-state index contributed by atoms with van der Waals surface area (Å²) in [6.07, 6.45) is 4.92. The second-order valence-electron chi connectivity index (χ2n) is 7.32. The first-order valence-electron chi connectivity index (χ1n) is 8.20. The molecule has 3 aliphatic rings. The molecule has 7 heteroatoms. The molecule has 0 aromatic heterocycles. The Bertz CT molecular complexity index is 680. The summed E-state index contributed by atoms with van der Waals surface area (Å²) in [5.74, 6) is 2.00. The number of rotatable bonds is 0. The summed E-state index contributed by atoms with van der Waals surface area (Å²) in [5, 5.41) is 3.70. The van der Waals surface area contributed by atoms with Crippen molar-refractivity contribution in [2.45, 2.75) is 57.6 Å². The molecule has 0 radical (unpaired) electrons. The number of hydrogen-bond donors (Lipinski definition) is 1. The molecule has 2 heterocycles. The monoisotopic (exact) mass is 349 g/mol. The lowest BCUT2D eigenvalue weighted by Gasteiger charge is -2.53. The SMILES string of the molecule is CSC1=NC2=C(CCN(C(=O)OC(C)(C)C)C23CCC3)C(=C=O)N1. The van der Waals surface area contributed by atoms with Crippen LogP contribution in [-0.4, -0.2) is 46.0 Å². The van der Waals surface area contributed by atoms with Gasteiger partial charge in [-0.05, 0) is 52.7 Å². The first kappa shape index (κ1) is 17.1. The van der Waals surface area contributed by atoms with Crippen molar-refractivity contribution in [1.82, 2.24) is 10.2 Å². The van der Waals surface area contributed by atoms with Crippen LogP contribution in [0.15, 0.2) is 22.0 Å². The van der Waals surface area contributed by atoms with E-state index in [1.54, 1.807) is 0 Å². The first-order valence-corrected chi connectivity index (χ1v) is 9.42. The Hall–Kier alpha value is -1.72. The molecule has 0 saturated heterocycles. The Morgan fingerprint density at radius 1 is 1.42 bits per heavy atom. The van der Waals surface area contributed by atoms with Crippen LogP contribution in [0.25, 0.3) is 0 Å². The smallest absolute Gasteiger partial charge is 0.411 e. The number of ether oxygens (including phenoxy) is 1. The van der Waals surface area contributed by atoms with E-state index in [-0.39, 0.29) is 6.09 Å². The number of thioether (sulfide) groups is 1. The van der Waals surface area contributed by atoms with Gasteiger partial charge in [-0.1, -0.05) is 11.8 Å². The standard InChI is InChI=1S/C17H23N3O3S/c1-16(2,3)23-15(22)20-9-6-11-12(10-21)18-14(24-4)19-13(11)17(20)7-5-8-17/h5-9H2,1-4H3,(H,18,19). The second kappa shape index (κ2) is 5.97. The van der Waals surface area contributed by atoms with Crippen molar-refractivity contribution in [3.8, 4) is 0 Å². The highest BCUT2D eigenvalue weighted by molar-refractivity contribution is 8.13. The van der Waals surface area contributed by atoms with Crippen LogP contribution < -0.4 is 5.32 Å². The van der Waals surface area contributed by atoms with E-state index in [9.17, 15) is 9.59 Å². The minimum Gasteiger partial charge on any atom is -0.444 e. The van der Waals surface area contributed by atoms with Gasteiger partial charge in [0.1, 0.15) is 11.3 Å². The van der Waals surface area contributed by atoms with Gasteiger partial charge in [0.05, 0.1) is 11.2 Å². The van der Waals surface area contributed by atoms with Gasteiger partial charge in [0.2, 0.25) is 0 Å². The van der Waals surface area contributed by atoms with E-state index < -0.39 is 11.1 Å². The maximum Gasteiger partial charge on any atom is 0.411 e. The number of fused-ring (bicyclic) bond motifs is 1. The molecular weight excluding hydrogens is 326 g/mol. The molecule has 0 unspecified atom stereocenters. The summed E-state index contributed by atoms with van der Waals surface area (Å²) in [6.45, 7) is 6.14. The Morgan fingerprint density at radius 2 is 2.12 bits per heavy atom. The summed E-state index contributed by atoms with van der Waals surface area (Å²) >= 11 is 1.45. The van der Waals surface area contributed by atoms with E-state index >= 15 is 0 Å². The van der Waals surface area contributed by atoms with E-state index in [4.69, 9.17) is 9.73 Å². The van der Waals surface area contributed by atoms with Crippen LogP contribution in [0.5, 0.6) is 0 Å². The van der Waals surface area contributed by atoms with E-state index in [1.807, 2.05) is 37.9 Å². The van der Waals surface area contributed by atoms with Gasteiger partial charge in [0.25, 0.3) is 0 Å². The van der Waals surface area contributed by atoms with Crippen LogP contribution in [0, 0.1) is 0 Å². The molecule has 3 rings (SSSR count). The average Bonchev–Trinajstić information content (AvgIpc) is 2.48. The van der Waals surface area contributed by atoms with Gasteiger partial charge in [-0.3, -0.25) is 4.90 Å². The Kier molecular flexibility index (Phi) is 4.26. The minimum atomic E-state index is -0.535. The number of nitrogens with zero attached hydrogens (tertiary/aromatic N) is 2. The molecule has 1 N–H and O–H groups in total. The Balaban J connectivity index is 2.02. The molecule has 1 saturated carbocycles. The van der Waals surface area contributed by atoms with Gasteiger partial charge in [0.15, 0.2) is 11.1 Å². The first-order chi connectivity index (χ1) is 11.3. The summed E-state index contributed by atoms with van der Waals surface area (Å²) in [6, 6.07) is 0. The highest BCUT2D eigenvalue weighted by Gasteiger charge is 2.53. The summed E-state index contributed by atoms with van der Waals surface area (Å²) in [4.78, 5) is 30.6. The molecule has 6 nitrogen and oxygen atoms in total. The van der Waals surface area contributed by atoms with Crippen molar-refractivity contribution < 1.29 is 14.3 Å². The topological polar surface area (TPSA) is 71.0 Å². The predicted molar refractivity (Wildman–Crippen MR) is 94.5 cm³/mol. The summed E-state index contributed by atoms with van der Waals surface area (Å²) < 4.78 is 5.61. The zero-order valence-electron chi connectivity index (χ0n) is 14.6. The van der Waals surface area contributed by atoms with Gasteiger partial charge in [0, 0.05) is 12.1 Å². The predicted octanol–water partition coefficient (Wildman–Crippen LogP) is 2.84. The average molecular weight is 349 g/mol. The molecule has 0 bridgehead atoms. The number of aliphatic imine (C=N–C) groups is 1. The number of hydrogen-bond acceptors (Lipinski definition) is 6. The lowest BCUT2D eigenvalue weighted by atomic mass is 9.69. The zero-order chi connectivity index (χ0) is 17.5. The molecule has 130 valence electrons. The lowest BCUT2D eigenvalue weighted by molar-refractivity contribution is -0.0182. The van der Waals surface area contributed by atoms with Crippen molar-refractivity contribution in [2.75, 3.05) is 12.8 Å². The second-order valence-corrected chi connectivity index (χ2v) is 8.11. The third kappa shape index (κ3) is 2.76. The fourth-order valence-electron chi connectivity index (χ4n) is 3.48. The molecule has 0 aromatic rings. The number of amides is 1. The molecule has 1 spiro atoms. The number of carbonyl (C=O) groups excluding carboxylic acids is 2. The van der Waals surface area contributed by atoms with Crippen molar-refractivity contribution in [1.29, 1.82) is 0 Å². The third-order valence-electron chi connectivity index (χ3n) is 4.67. The summed E-state index contributed by atoms with van der Waals surface area (Å²) in [7, 11) is 0. The van der Waals surface area contributed by atoms with Gasteiger partial charge in [-0.15, -0.1) is 0 Å². The maximum absolute atomic E-state index is 12.7. The van der Waals surface area contributed by atoms with Gasteiger partial charge in [-0.25, -0.2) is 14.6 Å². The molecule has 0 aromatic carbocycles. The molecule has 1 aliphatic carbocycles. The molecule has 1 amide bonds. The van der Waals surface area contributed by atoms with Crippen LogP contribution in [0.2, 0.25) is 0 Å². The highest BCUT2D eigenvalue weighted by Crippen LogP contribution is 2.50. The molecule has 2 aliphatic heterocycles. The summed E-state index contributed by atoms with van der Waals surface area (Å²) in [5.41, 5.74) is 1.21. The van der Waals surface area contributed by atoms with Crippen LogP contribution >= 0.6 is 11.8 Å². The number of carbonyl (C=O) groups is 1. The Labute approximate surface area is 146 Å². The van der Waals surface area contributed by atoms with Gasteiger partial charge >= 0.3 is 6.09 Å². The molecule has 0 atom stereocenters. The number of amidine groups is 1. The lowest BCUT2D eigenvalue weighted by Crippen LogP contribution is -2.61. The third-order valence-corrected chi connectivity index (χ3v) is 5.25. The minimum absolute atomic E-state index is 0.301. The van der Waals surface area contributed by atoms with Crippen molar-refractivity contribution in [3.05, 3.63) is 17.0 Å². The zero-order valence-corrected chi connectivity index (χ0v) is 15.4. The van der Waals surface area contributed by atoms with Crippen molar-refractivity contribution in [2.24, 2.45) is 4.99 Å². The van der Waals surface area contributed by atoms with Crippen LogP contribution in [0.1, 0.15) is 46.5 Å². The molecular formula is C17H23N3O3S. The molecule has 24 heavy (non-hydrogen) atoms. The maximum atomic E-state index is 12.7. The number of allylic oxidation sites excluding steroid dienone is 1. The Morgan fingerprint density at radius 3 is 2.62 bits per heavy atom. The largest absolute Gasteiger partial charge is 0.444 e. The normalized spacial score (nSPS) is 22.2. The van der Waals surface area contributed by atoms with Gasteiger partial charge in [-0.2, -0.15) is 0 Å². The van der Waals surface area contributed by atoms with E-state index in [2.05, 4.69) is 5.32 Å². The van der Waals surface area contributed by atoms with Crippen LogP contribution in [0.4, 0.5) is 4.79 Å².